The quantitative estimate of drug-likeness (QED) is 0.249. The average Bonchev–Trinajstić information content (AvgIpc) is 3.22. The van der Waals surface area contributed by atoms with Crippen LogP contribution in [-0.4, -0.2) is 77.7 Å². The molecule has 2 aliphatic heterocycles. The normalized spacial score (nSPS) is 21.7. The number of halogens is 1. The summed E-state index contributed by atoms with van der Waals surface area (Å²) >= 11 is 0. The highest BCUT2D eigenvalue weighted by Crippen LogP contribution is 2.34. The van der Waals surface area contributed by atoms with Crippen molar-refractivity contribution in [3.05, 3.63) is 35.9 Å². The van der Waals surface area contributed by atoms with Crippen molar-refractivity contribution < 1.29 is 14.2 Å². The smallest absolute Gasteiger partial charge is 0.193 e. The molecule has 1 N–H and O–H groups in total. The molecule has 2 heterocycles. The summed E-state index contributed by atoms with van der Waals surface area (Å²) < 4.78 is 16.4. The first kappa shape index (κ1) is 24.4. The maximum absolute atomic E-state index is 5.72. The highest BCUT2D eigenvalue weighted by Gasteiger charge is 2.35. The number of ether oxygens (including phenoxy) is 3. The van der Waals surface area contributed by atoms with E-state index in [1.807, 2.05) is 7.05 Å². The number of methoxy groups -OCH3 is 1. The topological polar surface area (TPSA) is 55.3 Å². The van der Waals surface area contributed by atoms with Crippen LogP contribution in [0.5, 0.6) is 0 Å². The number of hydrogen-bond donors (Lipinski definition) is 1. The monoisotopic (exact) mass is 517 g/mol. The highest BCUT2D eigenvalue weighted by atomic mass is 127. The Morgan fingerprint density at radius 2 is 2.00 bits per heavy atom. The molecule has 6 nitrogen and oxygen atoms in total. The molecule has 2 fully saturated rings. The third-order valence-corrected chi connectivity index (χ3v) is 6.00. The predicted molar refractivity (Wildman–Crippen MR) is 127 cm³/mol. The second kappa shape index (κ2) is 12.7. The van der Waals surface area contributed by atoms with Gasteiger partial charge in [0.2, 0.25) is 0 Å². The molecular formula is C22H36IN3O3. The number of nitrogens with zero attached hydrogens (tertiary/aromatic N) is 2. The minimum Gasteiger partial charge on any atom is -0.382 e. The fourth-order valence-electron chi connectivity index (χ4n) is 4.26. The molecule has 0 aromatic heterocycles. The Labute approximate surface area is 192 Å². The van der Waals surface area contributed by atoms with Crippen LogP contribution in [0.4, 0.5) is 0 Å². The van der Waals surface area contributed by atoms with Crippen LogP contribution in [0.2, 0.25) is 0 Å². The molecule has 3 rings (SSSR count). The zero-order valence-electron chi connectivity index (χ0n) is 17.8. The number of hydrogen-bond acceptors (Lipinski definition) is 4. The van der Waals surface area contributed by atoms with Gasteiger partial charge in [-0.05, 0) is 24.8 Å². The second-order valence-corrected chi connectivity index (χ2v) is 7.83. The zero-order chi connectivity index (χ0) is 19.7. The summed E-state index contributed by atoms with van der Waals surface area (Å²) in [5.74, 6) is 1.56. The average molecular weight is 517 g/mol. The van der Waals surface area contributed by atoms with Gasteiger partial charge in [-0.3, -0.25) is 4.99 Å². The molecule has 29 heavy (non-hydrogen) atoms. The third-order valence-electron chi connectivity index (χ3n) is 6.00. The Bertz CT molecular complexity index is 609. The maximum atomic E-state index is 5.72. The van der Waals surface area contributed by atoms with Crippen molar-refractivity contribution in [1.82, 2.24) is 10.2 Å². The molecular weight excluding hydrogens is 481 g/mol. The SMILES string of the molecule is CN=C(NCC1(c2ccccc2)CCOCC1)N1CCC(COCCOC)C1.I. The molecule has 1 aromatic rings. The summed E-state index contributed by atoms with van der Waals surface area (Å²) in [5, 5.41) is 3.68. The second-order valence-electron chi connectivity index (χ2n) is 7.83. The van der Waals surface area contributed by atoms with E-state index >= 15 is 0 Å². The minimum absolute atomic E-state index is 0. The van der Waals surface area contributed by atoms with Gasteiger partial charge in [0.1, 0.15) is 0 Å². The van der Waals surface area contributed by atoms with Crippen molar-refractivity contribution in [2.24, 2.45) is 10.9 Å². The summed E-state index contributed by atoms with van der Waals surface area (Å²) in [6.07, 6.45) is 3.22. The molecule has 0 spiro atoms. The summed E-state index contributed by atoms with van der Waals surface area (Å²) in [4.78, 5) is 6.93. The van der Waals surface area contributed by atoms with Crippen LogP contribution in [0.3, 0.4) is 0 Å². The van der Waals surface area contributed by atoms with Crippen molar-refractivity contribution in [1.29, 1.82) is 0 Å². The Morgan fingerprint density at radius 3 is 2.69 bits per heavy atom. The number of guanidine groups is 1. The van der Waals surface area contributed by atoms with Gasteiger partial charge in [-0.1, -0.05) is 30.3 Å². The number of benzene rings is 1. The number of nitrogens with one attached hydrogen (secondary N) is 1. The van der Waals surface area contributed by atoms with Crippen molar-refractivity contribution in [3.8, 4) is 0 Å². The summed E-state index contributed by atoms with van der Waals surface area (Å²) in [7, 11) is 3.58. The van der Waals surface area contributed by atoms with Crippen LogP contribution in [0, 0.1) is 5.92 Å². The fourth-order valence-corrected chi connectivity index (χ4v) is 4.26. The van der Waals surface area contributed by atoms with Gasteiger partial charge in [-0.15, -0.1) is 24.0 Å². The molecule has 2 saturated heterocycles. The largest absolute Gasteiger partial charge is 0.382 e. The van der Waals surface area contributed by atoms with E-state index in [2.05, 4.69) is 45.5 Å². The Hall–Kier alpha value is -0.900. The predicted octanol–water partition coefficient (Wildman–Crippen LogP) is 2.91. The van der Waals surface area contributed by atoms with Gasteiger partial charge in [0.05, 0.1) is 19.8 Å². The van der Waals surface area contributed by atoms with E-state index < -0.39 is 0 Å². The van der Waals surface area contributed by atoms with Crippen LogP contribution in [-0.2, 0) is 19.6 Å². The molecule has 0 radical (unpaired) electrons. The van der Waals surface area contributed by atoms with E-state index in [0.29, 0.717) is 19.1 Å². The van der Waals surface area contributed by atoms with Gasteiger partial charge in [0, 0.05) is 58.3 Å². The zero-order valence-corrected chi connectivity index (χ0v) is 20.1. The molecule has 0 aliphatic carbocycles. The molecule has 1 unspecified atom stereocenters. The van der Waals surface area contributed by atoms with Gasteiger partial charge in [0.15, 0.2) is 5.96 Å². The standard InChI is InChI=1S/C22H35N3O3.HI/c1-23-21(25-11-8-19(16-25)17-28-15-14-26-2)24-18-22(9-12-27-13-10-22)20-6-4-3-5-7-20;/h3-7,19H,8-18H2,1-2H3,(H,23,24);1H. The van der Waals surface area contributed by atoms with Gasteiger partial charge in [-0.25, -0.2) is 0 Å². The van der Waals surface area contributed by atoms with Crippen LogP contribution < -0.4 is 5.32 Å². The lowest BCUT2D eigenvalue weighted by Crippen LogP contribution is -2.49. The van der Waals surface area contributed by atoms with E-state index in [4.69, 9.17) is 14.2 Å². The van der Waals surface area contributed by atoms with E-state index in [1.54, 1.807) is 7.11 Å². The van der Waals surface area contributed by atoms with Crippen molar-refractivity contribution in [2.75, 3.05) is 66.8 Å². The molecule has 0 bridgehead atoms. The van der Waals surface area contributed by atoms with Gasteiger partial charge in [0.25, 0.3) is 0 Å². The third kappa shape index (κ3) is 6.80. The van der Waals surface area contributed by atoms with Crippen LogP contribution in [0.1, 0.15) is 24.8 Å². The fraction of sp³-hybridized carbons (Fsp3) is 0.682. The van der Waals surface area contributed by atoms with Crippen LogP contribution >= 0.6 is 24.0 Å². The van der Waals surface area contributed by atoms with Crippen LogP contribution in [0.25, 0.3) is 0 Å². The maximum Gasteiger partial charge on any atom is 0.193 e. The molecule has 2 aliphatic rings. The van der Waals surface area contributed by atoms with Crippen LogP contribution in [0.15, 0.2) is 35.3 Å². The summed E-state index contributed by atoms with van der Waals surface area (Å²) in [6.45, 7) is 6.67. The number of likely N-dealkylation sites (tertiary alicyclic amines) is 1. The Morgan fingerprint density at radius 1 is 1.24 bits per heavy atom. The van der Waals surface area contributed by atoms with Crippen molar-refractivity contribution >= 4 is 29.9 Å². The van der Waals surface area contributed by atoms with Gasteiger partial charge >= 0.3 is 0 Å². The summed E-state index contributed by atoms with van der Waals surface area (Å²) in [5.41, 5.74) is 1.50. The van der Waals surface area contributed by atoms with Crippen molar-refractivity contribution in [2.45, 2.75) is 24.7 Å². The van der Waals surface area contributed by atoms with Gasteiger partial charge in [-0.2, -0.15) is 0 Å². The lowest BCUT2D eigenvalue weighted by atomic mass is 9.74. The molecule has 1 atom stereocenters. The molecule has 0 amide bonds. The molecule has 7 heteroatoms. The van der Waals surface area contributed by atoms with E-state index in [9.17, 15) is 0 Å². The number of aliphatic imine (C=N–C) groups is 1. The Kier molecular flexibility index (Phi) is 10.7. The van der Waals surface area contributed by atoms with Crippen molar-refractivity contribution in [3.63, 3.8) is 0 Å². The molecule has 1 aromatic carbocycles. The van der Waals surface area contributed by atoms with E-state index in [0.717, 1.165) is 64.7 Å². The minimum atomic E-state index is 0. The first-order valence-electron chi connectivity index (χ1n) is 10.4. The molecule has 0 saturated carbocycles. The van der Waals surface area contributed by atoms with E-state index in [1.165, 1.54) is 5.56 Å². The lowest BCUT2D eigenvalue weighted by molar-refractivity contribution is 0.0509. The highest BCUT2D eigenvalue weighted by molar-refractivity contribution is 14.0. The molecule has 164 valence electrons. The summed E-state index contributed by atoms with van der Waals surface area (Å²) in [6, 6.07) is 10.9. The number of rotatable bonds is 8. The van der Waals surface area contributed by atoms with E-state index in [-0.39, 0.29) is 29.4 Å². The lowest BCUT2D eigenvalue weighted by Gasteiger charge is -2.39. The first-order valence-corrected chi connectivity index (χ1v) is 10.4. The Balaban J connectivity index is 0.00000300. The van der Waals surface area contributed by atoms with Gasteiger partial charge < -0.3 is 24.4 Å². The first-order chi connectivity index (χ1) is 13.8.